The zero-order chi connectivity index (χ0) is 22.3. The fraction of sp³-hybridized carbons (Fsp3) is 0.360. The maximum atomic E-state index is 13.5. The Bertz CT molecular complexity index is 1090. The predicted octanol–water partition coefficient (Wildman–Crippen LogP) is 4.87. The summed E-state index contributed by atoms with van der Waals surface area (Å²) in [6.07, 6.45) is 1.15. The summed E-state index contributed by atoms with van der Waals surface area (Å²) in [5.41, 5.74) is 3.71. The third-order valence-electron chi connectivity index (χ3n) is 5.96. The molecule has 31 heavy (non-hydrogen) atoms. The van der Waals surface area contributed by atoms with Crippen LogP contribution in [-0.2, 0) is 9.59 Å². The van der Waals surface area contributed by atoms with E-state index in [2.05, 4.69) is 19.2 Å². The number of ketones is 1. The summed E-state index contributed by atoms with van der Waals surface area (Å²) < 4.78 is 10.9. The molecule has 0 unspecified atom stereocenters. The van der Waals surface area contributed by atoms with E-state index in [-0.39, 0.29) is 17.1 Å². The number of ether oxygens (including phenoxy) is 2. The predicted molar refractivity (Wildman–Crippen MR) is 121 cm³/mol. The van der Waals surface area contributed by atoms with E-state index in [1.54, 1.807) is 19.1 Å². The highest BCUT2D eigenvalue weighted by Crippen LogP contribution is 2.49. The molecule has 6 heteroatoms. The molecule has 0 saturated carbocycles. The lowest BCUT2D eigenvalue weighted by molar-refractivity contribution is -0.118. The molecule has 4 rings (SSSR count). The highest BCUT2D eigenvalue weighted by molar-refractivity contribution is 6.05. The normalized spacial score (nSPS) is 19.7. The van der Waals surface area contributed by atoms with Crippen molar-refractivity contribution >= 4 is 23.1 Å². The summed E-state index contributed by atoms with van der Waals surface area (Å²) in [6, 6.07) is 12.7. The first-order valence-corrected chi connectivity index (χ1v) is 10.4. The number of fused-ring (bicyclic) bond motifs is 1. The Hall–Kier alpha value is -3.28. The van der Waals surface area contributed by atoms with E-state index in [9.17, 15) is 9.59 Å². The molecule has 0 aromatic heterocycles. The Morgan fingerprint density at radius 1 is 1.06 bits per heavy atom. The topological polar surface area (TPSA) is 67.9 Å². The lowest BCUT2D eigenvalue weighted by Gasteiger charge is -2.37. The van der Waals surface area contributed by atoms with Gasteiger partial charge in [-0.25, -0.2) is 0 Å². The quantitative estimate of drug-likeness (QED) is 0.768. The van der Waals surface area contributed by atoms with E-state index < -0.39 is 6.04 Å². The zero-order valence-corrected chi connectivity index (χ0v) is 18.6. The van der Waals surface area contributed by atoms with E-state index in [0.29, 0.717) is 23.5 Å². The van der Waals surface area contributed by atoms with Crippen molar-refractivity contribution in [3.63, 3.8) is 0 Å². The number of para-hydroxylation sites is 2. The molecule has 1 heterocycles. The van der Waals surface area contributed by atoms with Crippen LogP contribution in [0.15, 0.2) is 53.7 Å². The van der Waals surface area contributed by atoms with Gasteiger partial charge >= 0.3 is 0 Å². The van der Waals surface area contributed by atoms with E-state index in [4.69, 9.17) is 9.47 Å². The van der Waals surface area contributed by atoms with Crippen molar-refractivity contribution in [2.75, 3.05) is 24.4 Å². The minimum Gasteiger partial charge on any atom is -0.493 e. The van der Waals surface area contributed by atoms with Gasteiger partial charge in [0.1, 0.15) is 0 Å². The number of rotatable bonds is 3. The fourth-order valence-corrected chi connectivity index (χ4v) is 4.67. The van der Waals surface area contributed by atoms with Crippen LogP contribution in [0.2, 0.25) is 0 Å². The van der Waals surface area contributed by atoms with Gasteiger partial charge in [-0.1, -0.05) is 32.0 Å². The van der Waals surface area contributed by atoms with Crippen molar-refractivity contribution in [2.24, 2.45) is 5.41 Å². The number of amides is 1. The van der Waals surface area contributed by atoms with Crippen molar-refractivity contribution in [3.05, 3.63) is 59.3 Å². The molecule has 1 atom stereocenters. The maximum absolute atomic E-state index is 13.5. The molecule has 2 aliphatic rings. The van der Waals surface area contributed by atoms with Crippen molar-refractivity contribution in [1.82, 2.24) is 0 Å². The number of carbonyl (C=O) groups excluding carboxylic acids is 2. The van der Waals surface area contributed by atoms with Crippen LogP contribution in [0.25, 0.3) is 0 Å². The van der Waals surface area contributed by atoms with Crippen LogP contribution in [0, 0.1) is 5.41 Å². The molecule has 6 nitrogen and oxygen atoms in total. The monoisotopic (exact) mass is 420 g/mol. The number of anilines is 2. The number of Topliss-reactive ketones (excluding diaryl/α,β-unsaturated/α-hetero) is 1. The highest BCUT2D eigenvalue weighted by Gasteiger charge is 2.42. The van der Waals surface area contributed by atoms with E-state index >= 15 is 0 Å². The lowest BCUT2D eigenvalue weighted by atomic mass is 9.73. The van der Waals surface area contributed by atoms with E-state index in [1.165, 1.54) is 6.92 Å². The molecule has 1 N–H and O–H groups in total. The number of allylic oxidation sites excluding steroid dienone is 1. The number of hydrogen-bond donors (Lipinski definition) is 1. The molecule has 0 radical (unpaired) electrons. The van der Waals surface area contributed by atoms with Crippen LogP contribution in [0.1, 0.15) is 45.2 Å². The van der Waals surface area contributed by atoms with E-state index in [1.807, 2.05) is 42.5 Å². The third kappa shape index (κ3) is 3.67. The van der Waals surface area contributed by atoms with Gasteiger partial charge in [0, 0.05) is 24.6 Å². The fourth-order valence-electron chi connectivity index (χ4n) is 4.67. The average Bonchev–Trinajstić information content (AvgIpc) is 2.86. The van der Waals surface area contributed by atoms with Gasteiger partial charge in [0.2, 0.25) is 5.91 Å². The summed E-state index contributed by atoms with van der Waals surface area (Å²) in [6.45, 7) is 5.73. The number of methoxy groups -OCH3 is 2. The van der Waals surface area contributed by atoms with Crippen molar-refractivity contribution in [3.8, 4) is 11.5 Å². The summed E-state index contributed by atoms with van der Waals surface area (Å²) >= 11 is 0. The highest BCUT2D eigenvalue weighted by atomic mass is 16.5. The van der Waals surface area contributed by atoms with Crippen LogP contribution in [0.4, 0.5) is 11.4 Å². The number of nitrogens with one attached hydrogen (secondary N) is 1. The van der Waals surface area contributed by atoms with Crippen LogP contribution >= 0.6 is 0 Å². The van der Waals surface area contributed by atoms with Crippen molar-refractivity contribution in [2.45, 2.75) is 39.7 Å². The molecule has 0 spiro atoms. The first kappa shape index (κ1) is 21.0. The van der Waals surface area contributed by atoms with Gasteiger partial charge < -0.3 is 14.8 Å². The molecule has 1 aliphatic heterocycles. The molecule has 2 aromatic rings. The number of carbonyl (C=O) groups is 2. The molecular weight excluding hydrogens is 392 g/mol. The summed E-state index contributed by atoms with van der Waals surface area (Å²) in [4.78, 5) is 28.2. The molecule has 162 valence electrons. The molecule has 1 amide bonds. The number of hydrogen-bond acceptors (Lipinski definition) is 5. The van der Waals surface area contributed by atoms with Gasteiger partial charge in [0.15, 0.2) is 17.3 Å². The Balaban J connectivity index is 2.00. The molecule has 1 aliphatic carbocycles. The molecular formula is C25H28N2O4. The van der Waals surface area contributed by atoms with Crippen molar-refractivity contribution in [1.29, 1.82) is 0 Å². The second kappa shape index (κ2) is 7.76. The first-order chi connectivity index (χ1) is 14.8. The van der Waals surface area contributed by atoms with Crippen LogP contribution < -0.4 is 19.7 Å². The average molecular weight is 421 g/mol. The van der Waals surface area contributed by atoms with Crippen LogP contribution in [0.5, 0.6) is 11.5 Å². The van der Waals surface area contributed by atoms with Crippen LogP contribution in [0.3, 0.4) is 0 Å². The molecule has 2 aromatic carbocycles. The Morgan fingerprint density at radius 3 is 2.45 bits per heavy atom. The molecule has 0 saturated heterocycles. The molecule has 0 fully saturated rings. The van der Waals surface area contributed by atoms with Gasteiger partial charge in [-0.15, -0.1) is 0 Å². The van der Waals surface area contributed by atoms with Crippen molar-refractivity contribution < 1.29 is 19.1 Å². The second-order valence-corrected chi connectivity index (χ2v) is 8.88. The summed E-state index contributed by atoms with van der Waals surface area (Å²) in [5.74, 6) is 1.07. The van der Waals surface area contributed by atoms with Gasteiger partial charge in [-0.3, -0.25) is 14.5 Å². The Labute approximate surface area is 182 Å². The minimum absolute atomic E-state index is 0.0533. The maximum Gasteiger partial charge on any atom is 0.224 e. The Kier molecular flexibility index (Phi) is 5.25. The lowest BCUT2D eigenvalue weighted by Crippen LogP contribution is -2.38. The van der Waals surface area contributed by atoms with Gasteiger partial charge in [-0.2, -0.15) is 0 Å². The Morgan fingerprint density at radius 2 is 1.77 bits per heavy atom. The van der Waals surface area contributed by atoms with Gasteiger partial charge in [0.05, 0.1) is 31.6 Å². The third-order valence-corrected chi connectivity index (χ3v) is 5.96. The van der Waals surface area contributed by atoms with Gasteiger partial charge in [-0.05, 0) is 41.7 Å². The minimum atomic E-state index is -0.563. The number of nitrogens with zero attached hydrogens (tertiary/aromatic N) is 1. The van der Waals surface area contributed by atoms with Crippen LogP contribution in [-0.4, -0.2) is 25.9 Å². The molecule has 0 bridgehead atoms. The standard InChI is InChI=1S/C25H28N2O4/c1-15(28)27-19-9-7-6-8-17(19)26-18-13-25(2,3)14-20(29)23(18)24(27)16-10-11-21(30-4)22(12-16)31-5/h6-12,24,26H,13-14H2,1-5H3/t24-/m0/s1. The largest absolute Gasteiger partial charge is 0.493 e. The zero-order valence-electron chi connectivity index (χ0n) is 18.6. The smallest absolute Gasteiger partial charge is 0.224 e. The first-order valence-electron chi connectivity index (χ1n) is 10.4. The van der Waals surface area contributed by atoms with Gasteiger partial charge in [0.25, 0.3) is 0 Å². The summed E-state index contributed by atoms with van der Waals surface area (Å²) in [7, 11) is 3.16. The van der Waals surface area contributed by atoms with E-state index in [0.717, 1.165) is 29.1 Å². The number of benzene rings is 2. The second-order valence-electron chi connectivity index (χ2n) is 8.88. The summed E-state index contributed by atoms with van der Waals surface area (Å²) in [5, 5.41) is 3.49. The SMILES string of the molecule is COc1ccc([C@H]2C3=C(CC(C)(C)CC3=O)Nc3ccccc3N2C(C)=O)cc1OC.